The number of carbonyl (C=O) groups is 3. The lowest BCUT2D eigenvalue weighted by Crippen LogP contribution is -2.60. The number of esters is 1. The Morgan fingerprint density at radius 1 is 1.18 bits per heavy atom. The first-order chi connectivity index (χ1) is 27.0. The first-order valence-electron chi connectivity index (χ1n) is 20.3. The summed E-state index contributed by atoms with van der Waals surface area (Å²) in [6, 6.07) is 8.98. The summed E-state index contributed by atoms with van der Waals surface area (Å²) in [5, 5.41) is 8.40. The summed E-state index contributed by atoms with van der Waals surface area (Å²) in [4.78, 5) is 51.3. The highest BCUT2D eigenvalue weighted by atomic mass is 32.1. The molecule has 1 unspecified atom stereocenters. The highest BCUT2D eigenvalue weighted by molar-refractivity contribution is 7.10. The number of nitrogens with one attached hydrogen (secondary N) is 2. The Balaban J connectivity index is 1.37. The third-order valence-electron chi connectivity index (χ3n) is 11.8. The summed E-state index contributed by atoms with van der Waals surface area (Å²) in [6.45, 7) is 18.2. The largest absolute Gasteiger partial charge is 0.464 e. The molecule has 0 spiro atoms. The van der Waals surface area contributed by atoms with Crippen LogP contribution in [0.3, 0.4) is 0 Å². The predicted octanol–water partition coefficient (Wildman–Crippen LogP) is 6.90. The van der Waals surface area contributed by atoms with E-state index in [4.69, 9.17) is 24.2 Å². The summed E-state index contributed by atoms with van der Waals surface area (Å²) in [6.07, 6.45) is 3.51. The van der Waals surface area contributed by atoms with Gasteiger partial charge in [0.15, 0.2) is 0 Å². The molecule has 12 nitrogen and oxygen atoms in total. The Morgan fingerprint density at radius 3 is 2.67 bits per heavy atom. The summed E-state index contributed by atoms with van der Waals surface area (Å²) >= 11 is 1.48. The summed E-state index contributed by atoms with van der Waals surface area (Å²) < 4.78 is 20.6. The minimum absolute atomic E-state index is 0.120. The molecule has 7 rings (SSSR count). The molecule has 3 aromatic heterocycles. The van der Waals surface area contributed by atoms with Crippen molar-refractivity contribution < 1.29 is 28.6 Å². The molecular weight excluding hydrogens is 741 g/mol. The van der Waals surface area contributed by atoms with Crippen LogP contribution >= 0.6 is 11.3 Å². The number of pyridine rings is 1. The second kappa shape index (κ2) is 16.2. The van der Waals surface area contributed by atoms with Gasteiger partial charge in [0.05, 0.1) is 47.0 Å². The van der Waals surface area contributed by atoms with E-state index in [1.807, 2.05) is 18.4 Å². The number of hydrogen-bond donors (Lipinski definition) is 2. The van der Waals surface area contributed by atoms with Crippen molar-refractivity contribution in [1.82, 2.24) is 30.3 Å². The van der Waals surface area contributed by atoms with Gasteiger partial charge in [0.25, 0.3) is 5.91 Å². The van der Waals surface area contributed by atoms with E-state index in [0.29, 0.717) is 39.0 Å². The van der Waals surface area contributed by atoms with Crippen molar-refractivity contribution in [3.05, 3.63) is 58.2 Å². The van der Waals surface area contributed by atoms with Crippen LogP contribution in [-0.4, -0.2) is 81.9 Å². The van der Waals surface area contributed by atoms with Crippen LogP contribution in [0.15, 0.2) is 41.9 Å². The van der Waals surface area contributed by atoms with Gasteiger partial charge in [-0.25, -0.2) is 10.4 Å². The van der Waals surface area contributed by atoms with Crippen molar-refractivity contribution in [2.45, 2.75) is 111 Å². The standard InChI is InChI=1S/C44H58N6O6S/c1-25-26(2)37(25)40(51)47-33-21-36-46-34(23-57-36)28-14-15-35-30(20-28)31(22-44(7,8)24-55-42(53)32-13-11-17-50(48-32)41(33)52)39(49(35)18-19-56-43(4,5)6)29-12-10-16-45-38(29)27(3)54-9/h10,12,14-16,20,23,25-27,32-33,37,48H,11,13,17-19,21-22,24H2,1-9H3,(H,47,51)/t25-,26+,27-,32-,33-,37?/m0/s1. The number of hydrogen-bond acceptors (Lipinski definition) is 10. The van der Waals surface area contributed by atoms with Crippen LogP contribution in [0.1, 0.15) is 90.6 Å². The molecule has 0 radical (unpaired) electrons. The van der Waals surface area contributed by atoms with Gasteiger partial charge in [-0.2, -0.15) is 0 Å². The van der Waals surface area contributed by atoms with Gasteiger partial charge in [-0.05, 0) is 88.6 Å². The molecule has 2 amide bonds. The number of hydrazine groups is 1. The second-order valence-electron chi connectivity index (χ2n) is 17.9. The van der Waals surface area contributed by atoms with Crippen molar-refractivity contribution in [3.63, 3.8) is 0 Å². The molecule has 306 valence electrons. The molecule has 6 atom stereocenters. The van der Waals surface area contributed by atoms with Gasteiger partial charge in [0, 0.05) is 71.6 Å². The second-order valence-corrected chi connectivity index (χ2v) is 18.8. The van der Waals surface area contributed by atoms with Crippen molar-refractivity contribution in [3.8, 4) is 22.5 Å². The molecule has 2 fully saturated rings. The number of carbonyl (C=O) groups excluding carboxylic acids is 3. The number of aromatic nitrogens is 3. The van der Waals surface area contributed by atoms with Gasteiger partial charge in [-0.3, -0.25) is 24.4 Å². The summed E-state index contributed by atoms with van der Waals surface area (Å²) in [5.74, 6) is -0.414. The van der Waals surface area contributed by atoms with Crippen molar-refractivity contribution in [2.75, 3.05) is 26.9 Å². The highest BCUT2D eigenvalue weighted by Crippen LogP contribution is 2.46. The zero-order valence-electron chi connectivity index (χ0n) is 34.8. The van der Waals surface area contributed by atoms with E-state index in [1.165, 1.54) is 16.3 Å². The SMILES string of the molecule is CO[C@@H](C)c1ncccc1-c1c2c3cc(ccc3n1CCOC(C)(C)C)-c1csc(n1)C[C@H](NC(=O)C1[C@@H](C)[C@H]1C)C(=O)N1CCC[C@H](N1)C(=O)OCC(C)(C)C2. The van der Waals surface area contributed by atoms with Crippen LogP contribution in [0.5, 0.6) is 0 Å². The monoisotopic (exact) mass is 798 g/mol. The zero-order valence-corrected chi connectivity index (χ0v) is 35.6. The number of benzene rings is 1. The molecule has 4 aromatic rings. The van der Waals surface area contributed by atoms with Crippen LogP contribution in [-0.2, 0) is 48.0 Å². The van der Waals surface area contributed by atoms with Crippen molar-refractivity contribution >= 4 is 40.0 Å². The maximum atomic E-state index is 14.2. The van der Waals surface area contributed by atoms with E-state index in [1.54, 1.807) is 13.3 Å². The van der Waals surface area contributed by atoms with Gasteiger partial charge in [0.1, 0.15) is 12.1 Å². The Morgan fingerprint density at radius 2 is 1.95 bits per heavy atom. The molecule has 3 aliphatic rings. The third kappa shape index (κ3) is 8.81. The first kappa shape index (κ1) is 41.0. The normalized spacial score (nSPS) is 24.5. The Kier molecular flexibility index (Phi) is 11.7. The fourth-order valence-electron chi connectivity index (χ4n) is 8.32. The summed E-state index contributed by atoms with van der Waals surface area (Å²) in [7, 11) is 1.70. The zero-order chi connectivity index (χ0) is 40.8. The molecule has 57 heavy (non-hydrogen) atoms. The van der Waals surface area contributed by atoms with E-state index in [-0.39, 0.29) is 54.3 Å². The Bertz CT molecular complexity index is 2130. The molecule has 2 N–H and O–H groups in total. The third-order valence-corrected chi connectivity index (χ3v) is 12.7. The minimum atomic E-state index is -0.847. The van der Waals surface area contributed by atoms with Crippen LogP contribution < -0.4 is 10.7 Å². The molecule has 1 saturated carbocycles. The fraction of sp³-hybridized carbons (Fsp3) is 0.568. The smallest absolute Gasteiger partial charge is 0.324 e. The molecule has 1 aromatic carbocycles. The van der Waals surface area contributed by atoms with Crippen LogP contribution in [0, 0.1) is 23.2 Å². The lowest BCUT2D eigenvalue weighted by Gasteiger charge is -2.35. The highest BCUT2D eigenvalue weighted by Gasteiger charge is 2.49. The molecule has 2 aliphatic heterocycles. The molecule has 6 bridgehead atoms. The number of nitrogens with zero attached hydrogens (tertiary/aromatic N) is 4. The molecular formula is C44H58N6O6S. The Hall–Kier alpha value is -4.17. The number of thiazole rings is 1. The topological polar surface area (TPSA) is 137 Å². The predicted molar refractivity (Wildman–Crippen MR) is 221 cm³/mol. The molecule has 5 heterocycles. The first-order valence-corrected chi connectivity index (χ1v) is 21.2. The van der Waals surface area contributed by atoms with Crippen molar-refractivity contribution in [1.29, 1.82) is 0 Å². The molecule has 1 aliphatic carbocycles. The average Bonchev–Trinajstić information content (AvgIpc) is 3.45. The van der Waals surface area contributed by atoms with E-state index in [9.17, 15) is 14.4 Å². The van der Waals surface area contributed by atoms with E-state index in [0.717, 1.165) is 49.7 Å². The number of methoxy groups -OCH3 is 1. The number of fused-ring (bicyclic) bond motifs is 6. The number of cyclic esters (lactones) is 1. The molecule has 1 saturated heterocycles. The van der Waals surface area contributed by atoms with Crippen LogP contribution in [0.4, 0.5) is 0 Å². The van der Waals surface area contributed by atoms with Gasteiger partial charge >= 0.3 is 5.97 Å². The fourth-order valence-corrected chi connectivity index (χ4v) is 9.17. The maximum Gasteiger partial charge on any atom is 0.324 e. The van der Waals surface area contributed by atoms with Gasteiger partial charge in [-0.15, -0.1) is 11.3 Å². The summed E-state index contributed by atoms with van der Waals surface area (Å²) in [5.41, 5.74) is 9.08. The number of amides is 2. The lowest BCUT2D eigenvalue weighted by molar-refractivity contribution is -0.155. The van der Waals surface area contributed by atoms with Crippen molar-refractivity contribution in [2.24, 2.45) is 23.2 Å². The van der Waals surface area contributed by atoms with Gasteiger partial charge in [0.2, 0.25) is 5.91 Å². The van der Waals surface area contributed by atoms with E-state index >= 15 is 0 Å². The van der Waals surface area contributed by atoms with E-state index in [2.05, 4.69) is 88.0 Å². The quantitative estimate of drug-likeness (QED) is 0.183. The van der Waals surface area contributed by atoms with E-state index < -0.39 is 23.5 Å². The van der Waals surface area contributed by atoms with Crippen LogP contribution in [0.25, 0.3) is 33.4 Å². The number of rotatable bonds is 8. The average molecular weight is 799 g/mol. The molecule has 13 heteroatoms. The maximum absolute atomic E-state index is 14.2. The van der Waals surface area contributed by atoms with Gasteiger partial charge in [-0.1, -0.05) is 33.8 Å². The lowest BCUT2D eigenvalue weighted by atomic mass is 9.84. The Labute approximate surface area is 340 Å². The van der Waals surface area contributed by atoms with Crippen LogP contribution in [0.2, 0.25) is 0 Å². The van der Waals surface area contributed by atoms with Gasteiger partial charge < -0.3 is 24.1 Å². The minimum Gasteiger partial charge on any atom is -0.464 e. The number of ether oxygens (including phenoxy) is 3.